The van der Waals surface area contributed by atoms with Gasteiger partial charge in [0.15, 0.2) is 0 Å². The first-order chi connectivity index (χ1) is 27.2. The summed E-state index contributed by atoms with van der Waals surface area (Å²) >= 11 is 0. The average Bonchev–Trinajstić information content (AvgIpc) is 3.66. The zero-order valence-corrected chi connectivity index (χ0v) is 40.2. The van der Waals surface area contributed by atoms with Crippen LogP contribution < -0.4 is 0 Å². The first-order valence-electron chi connectivity index (χ1n) is 22.7. The van der Waals surface area contributed by atoms with Gasteiger partial charge in [-0.1, -0.05) is 184 Å². The van der Waals surface area contributed by atoms with Crippen molar-refractivity contribution in [2.45, 2.75) is 169 Å². The van der Waals surface area contributed by atoms with Crippen molar-refractivity contribution in [3.05, 3.63) is 129 Å². The maximum Gasteiger partial charge on any atom is 0.0722 e. The van der Waals surface area contributed by atoms with Crippen molar-refractivity contribution in [1.82, 2.24) is 0 Å². The molecule has 2 heteroatoms. The van der Waals surface area contributed by atoms with Gasteiger partial charge in [0.1, 0.15) is 0 Å². The van der Waals surface area contributed by atoms with Gasteiger partial charge in [-0.3, -0.25) is 0 Å². The van der Waals surface area contributed by atoms with E-state index in [1.165, 1.54) is 63.8 Å². The minimum absolute atomic E-state index is 0.0673. The molecule has 0 radical (unpaired) electrons. The number of benzene rings is 4. The SMILES string of the molecule is CCC1=C(C)c2c(-c3ccc(C(C)(C)C)cc3)cccc2C1[Si](C)(C)C1C(C(C)C)=C(CCCCCCOC(C)(C)C)c2c(-c3ccc(C(C)(C)C)cc3)cccc21. The molecule has 0 N–H and O–H groups in total. The predicted molar refractivity (Wildman–Crippen MR) is 258 cm³/mol. The van der Waals surface area contributed by atoms with E-state index in [0.717, 1.165) is 25.9 Å². The summed E-state index contributed by atoms with van der Waals surface area (Å²) in [5.41, 5.74) is 22.2. The van der Waals surface area contributed by atoms with Crippen LogP contribution in [0.5, 0.6) is 0 Å². The molecule has 1 nitrogen and oxygen atoms in total. The normalized spacial score (nSPS) is 17.4. The van der Waals surface area contributed by atoms with Gasteiger partial charge in [-0.05, 0) is 137 Å². The van der Waals surface area contributed by atoms with Crippen LogP contribution in [-0.4, -0.2) is 20.3 Å². The highest BCUT2D eigenvalue weighted by molar-refractivity contribution is 6.82. The Labute approximate surface area is 355 Å². The number of hydrogen-bond donors (Lipinski definition) is 0. The van der Waals surface area contributed by atoms with Gasteiger partial charge in [-0.25, -0.2) is 0 Å². The standard InChI is InChI=1S/C56H76OSi/c1-16-43-38(4)50-44(39-28-32-41(33-29-39)54(5,6)7)24-21-26-47(50)52(43)58(14,15)53-48-27-22-25-45(40-30-34-42(35-31-40)55(8,9)10)51(48)46(49(53)37(2)3)23-19-17-18-20-36-57-56(11,12)13/h21-22,24-35,37,52-53H,16-20,23,36H2,1-15H3. The van der Waals surface area contributed by atoms with Gasteiger partial charge in [0.2, 0.25) is 0 Å². The molecule has 2 aliphatic rings. The third-order valence-electron chi connectivity index (χ3n) is 13.5. The Bertz CT molecular complexity index is 2130. The Balaban J connectivity index is 1.46. The van der Waals surface area contributed by atoms with Crippen LogP contribution in [0.15, 0.2) is 96.1 Å². The van der Waals surface area contributed by atoms with E-state index in [-0.39, 0.29) is 16.4 Å². The lowest BCUT2D eigenvalue weighted by Gasteiger charge is -2.41. The molecule has 58 heavy (non-hydrogen) atoms. The molecule has 0 fully saturated rings. The van der Waals surface area contributed by atoms with Gasteiger partial charge >= 0.3 is 0 Å². The number of hydrogen-bond acceptors (Lipinski definition) is 1. The topological polar surface area (TPSA) is 9.23 Å². The van der Waals surface area contributed by atoms with Crippen molar-refractivity contribution in [1.29, 1.82) is 0 Å². The second-order valence-corrected chi connectivity index (χ2v) is 26.4. The van der Waals surface area contributed by atoms with E-state index in [1.54, 1.807) is 33.4 Å². The molecule has 0 bridgehead atoms. The molecule has 310 valence electrons. The van der Waals surface area contributed by atoms with Crippen molar-refractivity contribution >= 4 is 19.2 Å². The fourth-order valence-corrected chi connectivity index (χ4v) is 15.6. The number of fused-ring (bicyclic) bond motifs is 2. The van der Waals surface area contributed by atoms with Crippen molar-refractivity contribution in [3.8, 4) is 22.3 Å². The summed E-state index contributed by atoms with van der Waals surface area (Å²) in [5, 5.41) is 0. The van der Waals surface area contributed by atoms with E-state index < -0.39 is 8.07 Å². The first kappa shape index (κ1) is 44.1. The van der Waals surface area contributed by atoms with Crippen molar-refractivity contribution < 1.29 is 4.74 Å². The number of unbranched alkanes of at least 4 members (excludes halogenated alkanes) is 3. The van der Waals surface area contributed by atoms with Gasteiger partial charge in [-0.15, -0.1) is 0 Å². The van der Waals surface area contributed by atoms with E-state index in [4.69, 9.17) is 4.74 Å². The van der Waals surface area contributed by atoms with E-state index in [1.807, 2.05) is 0 Å². The number of rotatable bonds is 13. The highest BCUT2D eigenvalue weighted by Crippen LogP contribution is 2.60. The molecule has 2 unspecified atom stereocenters. The van der Waals surface area contributed by atoms with Crippen molar-refractivity contribution in [2.24, 2.45) is 5.92 Å². The van der Waals surface area contributed by atoms with E-state index >= 15 is 0 Å². The summed E-state index contributed by atoms with van der Waals surface area (Å²) in [5.74, 6) is 0.471. The Morgan fingerprint density at radius 1 is 0.603 bits per heavy atom. The fraction of sp³-hybridized carbons (Fsp3) is 0.500. The Morgan fingerprint density at radius 2 is 1.09 bits per heavy atom. The molecule has 0 heterocycles. The minimum Gasteiger partial charge on any atom is -0.376 e. The Morgan fingerprint density at radius 3 is 1.55 bits per heavy atom. The van der Waals surface area contributed by atoms with Crippen LogP contribution in [0.25, 0.3) is 33.4 Å². The molecule has 4 aromatic rings. The molecule has 0 spiro atoms. The predicted octanol–water partition coefficient (Wildman–Crippen LogP) is 16.7. The minimum atomic E-state index is -2.16. The van der Waals surface area contributed by atoms with Crippen LogP contribution in [0, 0.1) is 5.92 Å². The monoisotopic (exact) mass is 793 g/mol. The smallest absolute Gasteiger partial charge is 0.0722 e. The Hall–Kier alpha value is -3.46. The third-order valence-corrected chi connectivity index (χ3v) is 17.7. The highest BCUT2D eigenvalue weighted by Gasteiger charge is 2.51. The fourth-order valence-electron chi connectivity index (χ4n) is 10.6. The molecular formula is C56H76OSi. The van der Waals surface area contributed by atoms with Gasteiger partial charge in [0.05, 0.1) is 13.7 Å². The molecule has 0 saturated heterocycles. The van der Waals surface area contributed by atoms with Gasteiger partial charge in [0, 0.05) is 17.7 Å². The largest absolute Gasteiger partial charge is 0.376 e. The van der Waals surface area contributed by atoms with Crippen molar-refractivity contribution in [2.75, 3.05) is 6.61 Å². The molecule has 2 atom stereocenters. The van der Waals surface area contributed by atoms with Gasteiger partial charge < -0.3 is 4.74 Å². The van der Waals surface area contributed by atoms with Crippen LogP contribution in [0.4, 0.5) is 0 Å². The van der Waals surface area contributed by atoms with E-state index in [2.05, 4.69) is 188 Å². The van der Waals surface area contributed by atoms with E-state index in [9.17, 15) is 0 Å². The first-order valence-corrected chi connectivity index (χ1v) is 25.9. The zero-order valence-electron chi connectivity index (χ0n) is 39.2. The summed E-state index contributed by atoms with van der Waals surface area (Å²) in [6, 6.07) is 33.6. The maximum absolute atomic E-state index is 6.09. The second-order valence-electron chi connectivity index (χ2n) is 21.6. The third kappa shape index (κ3) is 8.85. The lowest BCUT2D eigenvalue weighted by atomic mass is 9.85. The molecule has 2 aliphatic carbocycles. The van der Waals surface area contributed by atoms with Gasteiger partial charge in [-0.2, -0.15) is 0 Å². The van der Waals surface area contributed by atoms with Gasteiger partial charge in [0.25, 0.3) is 0 Å². The maximum atomic E-state index is 6.09. The van der Waals surface area contributed by atoms with E-state index in [0.29, 0.717) is 17.0 Å². The molecule has 0 amide bonds. The molecule has 4 aromatic carbocycles. The molecule has 0 aromatic heterocycles. The van der Waals surface area contributed by atoms with Crippen molar-refractivity contribution in [3.63, 3.8) is 0 Å². The summed E-state index contributed by atoms with van der Waals surface area (Å²) < 4.78 is 6.09. The number of allylic oxidation sites excluding steroid dienone is 4. The highest BCUT2D eigenvalue weighted by atomic mass is 28.3. The molecular weight excluding hydrogens is 717 g/mol. The van der Waals surface area contributed by atoms with Crippen LogP contribution >= 0.6 is 0 Å². The molecule has 0 saturated carbocycles. The Kier molecular flexibility index (Phi) is 12.8. The molecule has 6 rings (SSSR count). The van der Waals surface area contributed by atoms with Crippen LogP contribution in [0.3, 0.4) is 0 Å². The quantitative estimate of drug-likeness (QED) is 0.0968. The summed E-state index contributed by atoms with van der Waals surface area (Å²) in [6.45, 7) is 36.5. The lowest BCUT2D eigenvalue weighted by Crippen LogP contribution is -2.43. The summed E-state index contributed by atoms with van der Waals surface area (Å²) in [6.07, 6.45) is 7.04. The molecule has 0 aliphatic heterocycles. The van der Waals surface area contributed by atoms with Crippen LogP contribution in [-0.2, 0) is 15.6 Å². The van der Waals surface area contributed by atoms with Crippen LogP contribution in [0.1, 0.15) is 173 Å². The zero-order chi connectivity index (χ0) is 42.4. The summed E-state index contributed by atoms with van der Waals surface area (Å²) in [4.78, 5) is 0. The second kappa shape index (κ2) is 16.9. The number of ether oxygens (including phenoxy) is 1. The average molecular weight is 793 g/mol. The van der Waals surface area contributed by atoms with Crippen LogP contribution in [0.2, 0.25) is 13.1 Å². The summed E-state index contributed by atoms with van der Waals surface area (Å²) in [7, 11) is -2.16. The lowest BCUT2D eigenvalue weighted by molar-refractivity contribution is -0.00473.